The third-order valence-electron chi connectivity index (χ3n) is 2.45. The van der Waals surface area contributed by atoms with Crippen LogP contribution in [0.3, 0.4) is 0 Å². The van der Waals surface area contributed by atoms with Crippen molar-refractivity contribution in [2.45, 2.75) is 47.1 Å². The Labute approximate surface area is 95.0 Å². The summed E-state index contributed by atoms with van der Waals surface area (Å²) in [6.07, 6.45) is 0.840. The number of Topliss-reactive ketones (excluding diaryl/α,β-unsaturated/α-hetero) is 1. The highest BCUT2D eigenvalue weighted by Crippen LogP contribution is 2.22. The number of likely N-dealkylation sites (N-methyl/N-ethyl adjacent to an activating group) is 1. The van der Waals surface area contributed by atoms with Crippen molar-refractivity contribution in [3.05, 3.63) is 0 Å². The lowest BCUT2D eigenvalue weighted by molar-refractivity contribution is -0.128. The lowest BCUT2D eigenvalue weighted by Crippen LogP contribution is -2.46. The average molecular weight is 216 g/mol. The van der Waals surface area contributed by atoms with Gasteiger partial charge in [-0.25, -0.2) is 0 Å². The molecule has 0 saturated heterocycles. The minimum absolute atomic E-state index is 0.156. The first kappa shape index (κ1) is 17.0. The fraction of sp³-hybridized carbons (Fsp3) is 0.917. The Hall–Kier alpha value is -0.410. The van der Waals surface area contributed by atoms with Gasteiger partial charge in [-0.15, -0.1) is 0 Å². The maximum Gasteiger partial charge on any atom is 0.156 e. The van der Waals surface area contributed by atoms with Crippen molar-refractivity contribution >= 4 is 5.78 Å². The van der Waals surface area contributed by atoms with Crippen molar-refractivity contribution in [2.24, 2.45) is 11.1 Å². The maximum atomic E-state index is 11.8. The molecule has 2 N–H and O–H groups in total. The first-order valence-corrected chi connectivity index (χ1v) is 5.76. The number of nitrogens with zero attached hydrogens (tertiary/aromatic N) is 1. The predicted molar refractivity (Wildman–Crippen MR) is 67.0 cm³/mol. The van der Waals surface area contributed by atoms with Gasteiger partial charge >= 0.3 is 0 Å². The van der Waals surface area contributed by atoms with Gasteiger partial charge in [0.15, 0.2) is 5.78 Å². The molecular weight excluding hydrogens is 188 g/mol. The van der Waals surface area contributed by atoms with Crippen molar-refractivity contribution in [3.8, 4) is 0 Å². The van der Waals surface area contributed by atoms with E-state index in [1.807, 2.05) is 53.6 Å². The minimum atomic E-state index is -0.357. The van der Waals surface area contributed by atoms with Gasteiger partial charge in [0.25, 0.3) is 0 Å². The van der Waals surface area contributed by atoms with Crippen LogP contribution in [0.5, 0.6) is 0 Å². The Bertz CT molecular complexity index is 176. The molecule has 0 aromatic carbocycles. The molecule has 0 rings (SSSR count). The van der Waals surface area contributed by atoms with E-state index in [-0.39, 0.29) is 17.2 Å². The molecule has 0 aliphatic rings. The molecule has 0 aromatic rings. The summed E-state index contributed by atoms with van der Waals surface area (Å²) in [5.41, 5.74) is 5.51. The van der Waals surface area contributed by atoms with Crippen LogP contribution in [0.25, 0.3) is 0 Å². The molecule has 0 saturated carbocycles. The minimum Gasteiger partial charge on any atom is -0.320 e. The quantitative estimate of drug-likeness (QED) is 0.763. The van der Waals surface area contributed by atoms with Crippen LogP contribution in [0.15, 0.2) is 0 Å². The van der Waals surface area contributed by atoms with E-state index in [1.54, 1.807) is 0 Å². The van der Waals surface area contributed by atoms with Gasteiger partial charge in [-0.1, -0.05) is 34.6 Å². The van der Waals surface area contributed by atoms with Gasteiger partial charge in [-0.2, -0.15) is 0 Å². The van der Waals surface area contributed by atoms with E-state index in [0.717, 1.165) is 6.42 Å². The smallest absolute Gasteiger partial charge is 0.156 e. The van der Waals surface area contributed by atoms with E-state index in [9.17, 15) is 4.79 Å². The molecular formula is C12H28N2O. The predicted octanol–water partition coefficient (Wildman–Crippen LogP) is 1.91. The highest BCUT2D eigenvalue weighted by molar-refractivity contribution is 5.89. The molecule has 0 spiro atoms. The molecule has 3 nitrogen and oxygen atoms in total. The Morgan fingerprint density at radius 2 is 1.73 bits per heavy atom. The van der Waals surface area contributed by atoms with Crippen molar-refractivity contribution in [1.82, 2.24) is 4.90 Å². The molecule has 0 bridgehead atoms. The molecule has 0 aliphatic carbocycles. The zero-order chi connectivity index (χ0) is 12.6. The summed E-state index contributed by atoms with van der Waals surface area (Å²) in [5.74, 6) is 0.156. The Morgan fingerprint density at radius 3 is 2.00 bits per heavy atom. The van der Waals surface area contributed by atoms with Gasteiger partial charge in [0.05, 0.1) is 6.04 Å². The number of carbonyl (C=O) groups excluding carboxylic acids is 1. The third-order valence-corrected chi connectivity index (χ3v) is 2.45. The van der Waals surface area contributed by atoms with Crippen LogP contribution in [-0.2, 0) is 4.79 Å². The molecule has 0 amide bonds. The number of carbonyl (C=O) groups is 1. The van der Waals surface area contributed by atoms with E-state index < -0.39 is 0 Å². The zero-order valence-corrected chi connectivity index (χ0v) is 11.4. The molecule has 92 valence electrons. The van der Waals surface area contributed by atoms with Gasteiger partial charge in [0, 0.05) is 12.0 Å². The summed E-state index contributed by atoms with van der Waals surface area (Å²) in [6.45, 7) is 10.5. The van der Waals surface area contributed by atoms with Crippen LogP contribution in [-0.4, -0.2) is 37.4 Å². The monoisotopic (exact) mass is 216 g/mol. The number of nitrogens with two attached hydrogens (primary N) is 1. The van der Waals surface area contributed by atoms with Crippen molar-refractivity contribution in [1.29, 1.82) is 0 Å². The molecule has 15 heavy (non-hydrogen) atoms. The fourth-order valence-electron chi connectivity index (χ4n) is 1.15. The second kappa shape index (κ2) is 7.83. The van der Waals surface area contributed by atoms with Crippen molar-refractivity contribution in [3.63, 3.8) is 0 Å². The van der Waals surface area contributed by atoms with Crippen LogP contribution in [0.1, 0.15) is 41.0 Å². The van der Waals surface area contributed by atoms with Gasteiger partial charge in [-0.3, -0.25) is 4.79 Å². The standard InChI is InChI=1S/C10H22N2O.C2H6/c1-6-10(2,3)9(13)8(11)7-12(4)5;1-2/h8H,6-7,11H2,1-5H3;1-2H3. The maximum absolute atomic E-state index is 11.8. The lowest BCUT2D eigenvalue weighted by Gasteiger charge is -2.26. The molecule has 0 aromatic heterocycles. The summed E-state index contributed by atoms with van der Waals surface area (Å²) in [5, 5.41) is 0. The molecule has 3 heteroatoms. The van der Waals surface area contributed by atoms with E-state index in [4.69, 9.17) is 5.73 Å². The van der Waals surface area contributed by atoms with E-state index in [2.05, 4.69) is 0 Å². The third kappa shape index (κ3) is 6.63. The average Bonchev–Trinajstić information content (AvgIpc) is 2.18. The van der Waals surface area contributed by atoms with Crippen molar-refractivity contribution < 1.29 is 4.79 Å². The Kier molecular flexibility index (Phi) is 8.87. The fourth-order valence-corrected chi connectivity index (χ4v) is 1.15. The zero-order valence-electron chi connectivity index (χ0n) is 11.4. The number of rotatable bonds is 5. The normalized spacial score (nSPS) is 13.1. The first-order valence-electron chi connectivity index (χ1n) is 5.76. The largest absolute Gasteiger partial charge is 0.320 e. The van der Waals surface area contributed by atoms with Gasteiger partial charge in [-0.05, 0) is 20.5 Å². The molecule has 0 aliphatic heterocycles. The molecule has 0 heterocycles. The highest BCUT2D eigenvalue weighted by Gasteiger charge is 2.29. The molecule has 0 radical (unpaired) electrons. The summed E-state index contributed by atoms with van der Waals surface area (Å²) in [4.78, 5) is 13.7. The van der Waals surface area contributed by atoms with E-state index in [1.165, 1.54) is 0 Å². The van der Waals surface area contributed by atoms with Crippen LogP contribution in [0.4, 0.5) is 0 Å². The Balaban J connectivity index is 0. The topological polar surface area (TPSA) is 46.3 Å². The molecule has 0 fully saturated rings. The molecule has 1 atom stereocenters. The second-order valence-corrected chi connectivity index (χ2v) is 4.47. The van der Waals surface area contributed by atoms with E-state index >= 15 is 0 Å². The Morgan fingerprint density at radius 1 is 1.33 bits per heavy atom. The highest BCUT2D eigenvalue weighted by atomic mass is 16.1. The SMILES string of the molecule is CC.CCC(C)(C)C(=O)C(N)CN(C)C. The molecule has 1 unspecified atom stereocenters. The first-order chi connectivity index (χ1) is 6.81. The van der Waals surface area contributed by atoms with Gasteiger partial charge < -0.3 is 10.6 Å². The summed E-state index contributed by atoms with van der Waals surface area (Å²) in [6, 6.07) is -0.357. The van der Waals surface area contributed by atoms with Gasteiger partial charge in [0.1, 0.15) is 0 Å². The number of ketones is 1. The van der Waals surface area contributed by atoms with Crippen LogP contribution in [0, 0.1) is 5.41 Å². The van der Waals surface area contributed by atoms with Gasteiger partial charge in [0.2, 0.25) is 0 Å². The van der Waals surface area contributed by atoms with Crippen LogP contribution in [0.2, 0.25) is 0 Å². The lowest BCUT2D eigenvalue weighted by atomic mass is 9.82. The summed E-state index contributed by atoms with van der Waals surface area (Å²) >= 11 is 0. The van der Waals surface area contributed by atoms with E-state index in [0.29, 0.717) is 6.54 Å². The van der Waals surface area contributed by atoms with Crippen LogP contribution >= 0.6 is 0 Å². The summed E-state index contributed by atoms with van der Waals surface area (Å²) in [7, 11) is 3.85. The summed E-state index contributed by atoms with van der Waals surface area (Å²) < 4.78 is 0. The van der Waals surface area contributed by atoms with Crippen LogP contribution < -0.4 is 5.73 Å². The number of hydrogen-bond acceptors (Lipinski definition) is 3. The van der Waals surface area contributed by atoms with Crippen molar-refractivity contribution in [2.75, 3.05) is 20.6 Å². The second-order valence-electron chi connectivity index (χ2n) is 4.47. The number of hydrogen-bond donors (Lipinski definition) is 1.